The molecule has 0 radical (unpaired) electrons. The Bertz CT molecular complexity index is 881. The third kappa shape index (κ3) is 2.67. The number of aliphatic hydroxyl groups is 1. The van der Waals surface area contributed by atoms with Gasteiger partial charge in [0.15, 0.2) is 12.4 Å². The second-order valence-corrected chi connectivity index (χ2v) is 11.0. The summed E-state index contributed by atoms with van der Waals surface area (Å²) in [6.07, 6.45) is 7.97. The van der Waals surface area contributed by atoms with Crippen molar-refractivity contribution < 1.29 is 24.2 Å². The molecule has 0 amide bonds. The summed E-state index contributed by atoms with van der Waals surface area (Å²) in [5.74, 6) is -1.07. The molecule has 0 aromatic heterocycles. The molecule has 0 aromatic rings. The SMILES string of the molecule is CC(=O)OCC(=O)[C@@]1(O)CC[C@H]2[C@H]3CCC4=CC(=O)C=C[C@]4(C)[C@@]3(Cl)[C@@H](Cl)C[C@@]21C. The first-order valence-electron chi connectivity index (χ1n) is 10.6. The number of ether oxygens (including phenoxy) is 1. The fourth-order valence-corrected chi connectivity index (χ4v) is 8.13. The zero-order chi connectivity index (χ0) is 22.1. The van der Waals surface area contributed by atoms with Gasteiger partial charge in [0.05, 0.1) is 10.3 Å². The van der Waals surface area contributed by atoms with Gasteiger partial charge in [-0.15, -0.1) is 23.2 Å². The molecular weight excluding hydrogens is 427 g/mol. The molecular formula is C23H28Cl2O5. The van der Waals surface area contributed by atoms with Crippen molar-refractivity contribution >= 4 is 40.7 Å². The van der Waals surface area contributed by atoms with Crippen LogP contribution in [0.25, 0.3) is 0 Å². The van der Waals surface area contributed by atoms with Gasteiger partial charge in [0.25, 0.3) is 0 Å². The molecule has 0 aliphatic heterocycles. The van der Waals surface area contributed by atoms with Gasteiger partial charge in [-0.3, -0.25) is 14.4 Å². The summed E-state index contributed by atoms with van der Waals surface area (Å²) in [4.78, 5) is 35.3. The number of carbonyl (C=O) groups is 3. The Morgan fingerprint density at radius 1 is 1.27 bits per heavy atom. The molecule has 164 valence electrons. The van der Waals surface area contributed by atoms with Crippen molar-refractivity contribution in [3.8, 4) is 0 Å². The fraction of sp³-hybridized carbons (Fsp3) is 0.696. The maximum absolute atomic E-state index is 12.9. The standard InChI is InChI=1S/C23H28Cl2O5/c1-13(26)30-12-19(28)22(29)9-7-16-17-5-4-14-10-15(27)6-8-20(14,2)23(17,25)18(24)11-21(16,22)3/h6,8,10,16-18,29H,4-5,7,9,11-12H2,1-3H3/t16-,17+,18-,20-,21-,22-,23-/m0/s1. The first-order chi connectivity index (χ1) is 13.9. The number of halogens is 2. The van der Waals surface area contributed by atoms with Crippen LogP contribution in [-0.4, -0.2) is 45.1 Å². The molecule has 4 aliphatic carbocycles. The van der Waals surface area contributed by atoms with Crippen molar-refractivity contribution in [2.45, 2.75) is 68.7 Å². The summed E-state index contributed by atoms with van der Waals surface area (Å²) in [7, 11) is 0. The van der Waals surface area contributed by atoms with Crippen LogP contribution in [0.5, 0.6) is 0 Å². The Labute approximate surface area is 186 Å². The van der Waals surface area contributed by atoms with Crippen LogP contribution in [0.3, 0.4) is 0 Å². The van der Waals surface area contributed by atoms with E-state index in [-0.39, 0.29) is 17.6 Å². The maximum atomic E-state index is 12.9. The predicted molar refractivity (Wildman–Crippen MR) is 113 cm³/mol. The lowest BCUT2D eigenvalue weighted by atomic mass is 9.46. The number of ketones is 2. The first kappa shape index (κ1) is 22.0. The maximum Gasteiger partial charge on any atom is 0.303 e. The van der Waals surface area contributed by atoms with Crippen molar-refractivity contribution in [1.82, 2.24) is 0 Å². The van der Waals surface area contributed by atoms with E-state index in [1.807, 2.05) is 19.9 Å². The third-order valence-electron chi connectivity index (χ3n) is 8.62. The molecule has 4 rings (SSSR count). The Morgan fingerprint density at radius 3 is 2.63 bits per heavy atom. The smallest absolute Gasteiger partial charge is 0.303 e. The minimum atomic E-state index is -1.60. The van der Waals surface area contributed by atoms with E-state index >= 15 is 0 Å². The highest BCUT2D eigenvalue weighted by Gasteiger charge is 2.72. The van der Waals surface area contributed by atoms with E-state index in [9.17, 15) is 19.5 Å². The van der Waals surface area contributed by atoms with E-state index in [1.165, 1.54) is 6.92 Å². The van der Waals surface area contributed by atoms with Crippen molar-refractivity contribution in [1.29, 1.82) is 0 Å². The van der Waals surface area contributed by atoms with Crippen LogP contribution in [0.4, 0.5) is 0 Å². The zero-order valence-electron chi connectivity index (χ0n) is 17.5. The number of allylic oxidation sites excluding steroid dienone is 4. The minimum absolute atomic E-state index is 0.000631. The highest BCUT2D eigenvalue weighted by Crippen LogP contribution is 2.71. The molecule has 0 spiro atoms. The summed E-state index contributed by atoms with van der Waals surface area (Å²) in [6, 6.07) is 0. The molecule has 0 unspecified atom stereocenters. The van der Waals surface area contributed by atoms with Gasteiger partial charge in [0.2, 0.25) is 5.78 Å². The summed E-state index contributed by atoms with van der Waals surface area (Å²) in [6.45, 7) is 4.78. The molecule has 30 heavy (non-hydrogen) atoms. The quantitative estimate of drug-likeness (QED) is 0.518. The molecule has 0 saturated heterocycles. The molecule has 5 nitrogen and oxygen atoms in total. The number of esters is 1. The van der Waals surface area contributed by atoms with Gasteiger partial charge in [-0.1, -0.05) is 25.5 Å². The first-order valence-corrected chi connectivity index (χ1v) is 11.4. The number of Topliss-reactive ketones (excluding diaryl/α,β-unsaturated/α-hetero) is 1. The zero-order valence-corrected chi connectivity index (χ0v) is 19.1. The molecule has 0 heterocycles. The van der Waals surface area contributed by atoms with Gasteiger partial charge in [-0.25, -0.2) is 0 Å². The Morgan fingerprint density at radius 2 is 1.97 bits per heavy atom. The predicted octanol–water partition coefficient (Wildman–Crippen LogP) is 3.74. The Kier molecular flexibility index (Phi) is 5.08. The Balaban J connectivity index is 1.72. The van der Waals surface area contributed by atoms with Crippen LogP contribution in [0.2, 0.25) is 0 Å². The van der Waals surface area contributed by atoms with E-state index in [4.69, 9.17) is 27.9 Å². The second kappa shape index (κ2) is 6.91. The molecule has 3 fully saturated rings. The van der Waals surface area contributed by atoms with Gasteiger partial charge in [0, 0.05) is 17.8 Å². The van der Waals surface area contributed by atoms with Gasteiger partial charge in [0.1, 0.15) is 5.60 Å². The minimum Gasteiger partial charge on any atom is -0.458 e. The average Bonchev–Trinajstić information content (AvgIpc) is 2.94. The van der Waals surface area contributed by atoms with Crippen molar-refractivity contribution in [3.05, 3.63) is 23.8 Å². The molecule has 4 aliphatic rings. The summed E-state index contributed by atoms with van der Waals surface area (Å²) < 4.78 is 4.90. The largest absolute Gasteiger partial charge is 0.458 e. The van der Waals surface area contributed by atoms with Gasteiger partial charge in [-0.2, -0.15) is 0 Å². The molecule has 0 bridgehead atoms. The monoisotopic (exact) mass is 454 g/mol. The van der Waals surface area contributed by atoms with Crippen LogP contribution in [0, 0.1) is 22.7 Å². The highest BCUT2D eigenvalue weighted by molar-refractivity contribution is 6.34. The Hall–Kier alpha value is -1.17. The topological polar surface area (TPSA) is 80.7 Å². The van der Waals surface area contributed by atoms with E-state index in [2.05, 4.69) is 0 Å². The van der Waals surface area contributed by atoms with E-state index in [0.717, 1.165) is 18.4 Å². The van der Waals surface area contributed by atoms with Crippen LogP contribution in [-0.2, 0) is 19.1 Å². The fourth-order valence-electron chi connectivity index (χ4n) is 6.89. The molecule has 0 aromatic carbocycles. The van der Waals surface area contributed by atoms with Crippen molar-refractivity contribution in [2.75, 3.05) is 6.61 Å². The van der Waals surface area contributed by atoms with Crippen LogP contribution < -0.4 is 0 Å². The molecule has 3 saturated carbocycles. The van der Waals surface area contributed by atoms with Gasteiger partial charge >= 0.3 is 5.97 Å². The number of fused-ring (bicyclic) bond motifs is 5. The molecule has 1 N–H and O–H groups in total. The third-order valence-corrected chi connectivity index (χ3v) is 10.2. The van der Waals surface area contributed by atoms with Crippen LogP contribution in [0.1, 0.15) is 52.9 Å². The number of rotatable bonds is 3. The van der Waals surface area contributed by atoms with Gasteiger partial charge in [-0.05, 0) is 56.1 Å². The number of hydrogen-bond acceptors (Lipinski definition) is 5. The number of hydrogen-bond donors (Lipinski definition) is 1. The van der Waals surface area contributed by atoms with Crippen LogP contribution >= 0.6 is 23.2 Å². The average molecular weight is 455 g/mol. The summed E-state index contributed by atoms with van der Waals surface area (Å²) in [5, 5.41) is 11.0. The van der Waals surface area contributed by atoms with E-state index in [1.54, 1.807) is 12.2 Å². The van der Waals surface area contributed by atoms with Crippen molar-refractivity contribution in [3.63, 3.8) is 0 Å². The van der Waals surface area contributed by atoms with E-state index in [0.29, 0.717) is 19.3 Å². The summed E-state index contributed by atoms with van der Waals surface area (Å²) >= 11 is 14.4. The van der Waals surface area contributed by atoms with E-state index < -0.39 is 45.0 Å². The van der Waals surface area contributed by atoms with Gasteiger partial charge < -0.3 is 9.84 Å². The molecule has 7 atom stereocenters. The lowest BCUT2D eigenvalue weighted by molar-refractivity contribution is -0.167. The lowest BCUT2D eigenvalue weighted by Gasteiger charge is -2.63. The normalized spacial score (nSPS) is 47.1. The second-order valence-electron chi connectivity index (χ2n) is 9.82. The lowest BCUT2D eigenvalue weighted by Crippen LogP contribution is -2.67. The van der Waals surface area contributed by atoms with Crippen LogP contribution in [0.15, 0.2) is 23.8 Å². The highest BCUT2D eigenvalue weighted by atomic mass is 35.5. The summed E-state index contributed by atoms with van der Waals surface area (Å²) in [5.41, 5.74) is -1.91. The molecule has 7 heteroatoms. The number of alkyl halides is 2. The van der Waals surface area contributed by atoms with Crippen molar-refractivity contribution in [2.24, 2.45) is 22.7 Å². The number of carbonyl (C=O) groups excluding carboxylic acids is 3.